The van der Waals surface area contributed by atoms with Crippen LogP contribution in [0.1, 0.15) is 17.0 Å². The van der Waals surface area contributed by atoms with Crippen LogP contribution in [0.3, 0.4) is 0 Å². The van der Waals surface area contributed by atoms with Crippen molar-refractivity contribution < 1.29 is 9.59 Å². The Morgan fingerprint density at radius 2 is 1.71 bits per heavy atom. The zero-order chi connectivity index (χ0) is 13.7. The fourth-order valence-electron chi connectivity index (χ4n) is 3.32. The number of carbonyl (C=O) groups excluding carboxylic acids is 2. The molecule has 0 aromatic heterocycles. The van der Waals surface area contributed by atoms with Gasteiger partial charge in [0.1, 0.15) is 0 Å². The second-order valence-corrected chi connectivity index (χ2v) is 5.32. The monoisotopic (exact) mass is 288 g/mol. The summed E-state index contributed by atoms with van der Waals surface area (Å²) in [4.78, 5) is 23.7. The number of hydrogen-bond donors (Lipinski definition) is 0. The lowest BCUT2D eigenvalue weighted by molar-refractivity contribution is -0.114. The Hall–Kier alpha value is -2.26. The Bertz CT molecular complexity index is 825. The second kappa shape index (κ2) is 4.93. The molecular formula is C18H12O2Si. The van der Waals surface area contributed by atoms with E-state index in [1.807, 2.05) is 12.1 Å². The predicted molar refractivity (Wildman–Crippen MR) is 83.4 cm³/mol. The van der Waals surface area contributed by atoms with Crippen LogP contribution in [0, 0.1) is 0 Å². The number of carbonyl (C=O) groups is 2. The van der Waals surface area contributed by atoms with E-state index >= 15 is 0 Å². The van der Waals surface area contributed by atoms with Crippen LogP contribution in [0.25, 0.3) is 10.8 Å². The molecular weight excluding hydrogens is 276 g/mol. The maximum atomic E-state index is 12.1. The molecule has 0 aliphatic heterocycles. The first-order valence-electron chi connectivity index (χ1n) is 6.72. The summed E-state index contributed by atoms with van der Waals surface area (Å²) in [5.41, 5.74) is 3.06. The molecule has 0 saturated heterocycles. The summed E-state index contributed by atoms with van der Waals surface area (Å²) in [5, 5.41) is 2.45. The molecule has 0 fully saturated rings. The highest BCUT2D eigenvalue weighted by Crippen LogP contribution is 2.42. The van der Waals surface area contributed by atoms with E-state index in [9.17, 15) is 9.59 Å². The van der Waals surface area contributed by atoms with Crippen molar-refractivity contribution in [3.05, 3.63) is 71.3 Å². The number of ketones is 2. The summed E-state index contributed by atoms with van der Waals surface area (Å²) in [6.07, 6.45) is 5.03. The van der Waals surface area contributed by atoms with E-state index < -0.39 is 0 Å². The van der Waals surface area contributed by atoms with Gasteiger partial charge in [-0.25, -0.2) is 0 Å². The molecule has 4 radical (unpaired) electrons. The molecule has 2 aromatic rings. The van der Waals surface area contributed by atoms with Crippen molar-refractivity contribution in [2.45, 2.75) is 12.3 Å². The molecule has 0 bridgehead atoms. The molecule has 0 N–H and O–H groups in total. The van der Waals surface area contributed by atoms with Gasteiger partial charge in [-0.1, -0.05) is 36.4 Å². The lowest BCUT2D eigenvalue weighted by Gasteiger charge is -2.15. The topological polar surface area (TPSA) is 34.1 Å². The van der Waals surface area contributed by atoms with E-state index in [2.05, 4.69) is 24.3 Å². The van der Waals surface area contributed by atoms with Crippen LogP contribution in [0.2, 0.25) is 0 Å². The molecule has 100 valence electrons. The molecule has 2 aromatic carbocycles. The molecule has 21 heavy (non-hydrogen) atoms. The third-order valence-electron chi connectivity index (χ3n) is 4.18. The molecule has 1 unspecified atom stereocenters. The number of benzene rings is 2. The van der Waals surface area contributed by atoms with Crippen molar-refractivity contribution in [2.75, 3.05) is 0 Å². The van der Waals surface area contributed by atoms with Crippen LogP contribution in [0.4, 0.5) is 0 Å². The maximum absolute atomic E-state index is 12.1. The van der Waals surface area contributed by atoms with Gasteiger partial charge in [0.25, 0.3) is 0 Å². The van der Waals surface area contributed by atoms with Crippen molar-refractivity contribution in [3.8, 4) is 0 Å². The van der Waals surface area contributed by atoms with Gasteiger partial charge in [-0.2, -0.15) is 0 Å². The minimum atomic E-state index is -0.0947. The first kappa shape index (κ1) is 13.7. The summed E-state index contributed by atoms with van der Waals surface area (Å²) in [6, 6.07) is 12.4. The van der Waals surface area contributed by atoms with Gasteiger partial charge in [0.15, 0.2) is 11.6 Å². The predicted octanol–water partition coefficient (Wildman–Crippen LogP) is 2.73. The minimum absolute atomic E-state index is 0. The summed E-state index contributed by atoms with van der Waals surface area (Å²) < 4.78 is 0. The molecule has 2 aliphatic rings. The van der Waals surface area contributed by atoms with Gasteiger partial charge in [0.05, 0.1) is 0 Å². The number of rotatable bonds is 1. The zero-order valence-electron chi connectivity index (χ0n) is 11.3. The highest BCUT2D eigenvalue weighted by atomic mass is 28.1. The Morgan fingerprint density at radius 3 is 2.52 bits per heavy atom. The fraction of sp³-hybridized carbons (Fsp3) is 0.111. The van der Waals surface area contributed by atoms with Crippen LogP contribution in [-0.4, -0.2) is 22.5 Å². The van der Waals surface area contributed by atoms with Gasteiger partial charge in [0.2, 0.25) is 0 Å². The van der Waals surface area contributed by atoms with Gasteiger partial charge >= 0.3 is 0 Å². The van der Waals surface area contributed by atoms with E-state index in [1.54, 1.807) is 0 Å². The smallest absolute Gasteiger partial charge is 0.182 e. The van der Waals surface area contributed by atoms with E-state index in [1.165, 1.54) is 40.1 Å². The van der Waals surface area contributed by atoms with Crippen LogP contribution < -0.4 is 0 Å². The van der Waals surface area contributed by atoms with Crippen LogP contribution in [-0.2, 0) is 16.0 Å². The Morgan fingerprint density at radius 1 is 0.952 bits per heavy atom. The maximum Gasteiger partial charge on any atom is 0.182 e. The summed E-state index contributed by atoms with van der Waals surface area (Å²) >= 11 is 0. The molecule has 2 nitrogen and oxygen atoms in total. The van der Waals surface area contributed by atoms with E-state index in [-0.39, 0.29) is 28.4 Å². The summed E-state index contributed by atoms with van der Waals surface area (Å²) in [5.74, 6) is -0.125. The van der Waals surface area contributed by atoms with Gasteiger partial charge in [-0.15, -0.1) is 0 Å². The van der Waals surface area contributed by atoms with Crippen LogP contribution >= 0.6 is 0 Å². The first-order valence-corrected chi connectivity index (χ1v) is 6.72. The Labute approximate surface area is 127 Å². The Kier molecular flexibility index (Phi) is 3.22. The second-order valence-electron chi connectivity index (χ2n) is 5.32. The summed E-state index contributed by atoms with van der Waals surface area (Å²) in [7, 11) is 0. The van der Waals surface area contributed by atoms with Crippen molar-refractivity contribution >= 4 is 33.3 Å². The van der Waals surface area contributed by atoms with Crippen molar-refractivity contribution in [2.24, 2.45) is 0 Å². The third kappa shape index (κ3) is 2.01. The quantitative estimate of drug-likeness (QED) is 0.597. The van der Waals surface area contributed by atoms with Gasteiger partial charge < -0.3 is 0 Å². The minimum Gasteiger partial charge on any atom is -0.290 e. The fourth-order valence-corrected chi connectivity index (χ4v) is 3.32. The molecule has 0 heterocycles. The third-order valence-corrected chi connectivity index (χ3v) is 4.18. The van der Waals surface area contributed by atoms with Gasteiger partial charge in [-0.05, 0) is 46.5 Å². The summed E-state index contributed by atoms with van der Waals surface area (Å²) in [6.45, 7) is 0. The molecule has 0 amide bonds. The Balaban J connectivity index is 0.00000132. The van der Waals surface area contributed by atoms with Gasteiger partial charge in [-0.3, -0.25) is 9.59 Å². The number of allylic oxidation sites excluding steroid dienone is 4. The van der Waals surface area contributed by atoms with Crippen LogP contribution in [0.5, 0.6) is 0 Å². The SMILES string of the molecule is O=C1C=CC(=O)C(C2Cc3cccc4cccc2c34)=C1.[Si]. The molecule has 1 atom stereocenters. The zero-order valence-corrected chi connectivity index (χ0v) is 12.3. The van der Waals surface area contributed by atoms with Crippen molar-refractivity contribution in [1.82, 2.24) is 0 Å². The normalized spacial score (nSPS) is 19.6. The lowest BCUT2D eigenvalue weighted by atomic mass is 9.86. The standard InChI is InChI=1S/C18H12O2.Si/c19-13-7-8-17(20)16(10-13)15-9-12-5-1-3-11-4-2-6-14(15)18(11)12;/h1-8,10,15H,9H2;. The average molecular weight is 288 g/mol. The van der Waals surface area contributed by atoms with Gasteiger partial charge in [0, 0.05) is 22.5 Å². The molecule has 4 rings (SSSR count). The van der Waals surface area contributed by atoms with Crippen molar-refractivity contribution in [1.29, 1.82) is 0 Å². The molecule has 2 aliphatic carbocycles. The molecule has 3 heteroatoms. The lowest BCUT2D eigenvalue weighted by Crippen LogP contribution is -2.14. The van der Waals surface area contributed by atoms with E-state index in [0.717, 1.165) is 6.42 Å². The highest BCUT2D eigenvalue weighted by molar-refractivity contribution is 6.18. The van der Waals surface area contributed by atoms with E-state index in [4.69, 9.17) is 0 Å². The highest BCUT2D eigenvalue weighted by Gasteiger charge is 2.30. The number of hydrogen-bond acceptors (Lipinski definition) is 2. The van der Waals surface area contributed by atoms with Crippen LogP contribution in [0.15, 0.2) is 60.2 Å². The average Bonchev–Trinajstić information content (AvgIpc) is 2.83. The van der Waals surface area contributed by atoms with Crippen molar-refractivity contribution in [3.63, 3.8) is 0 Å². The largest absolute Gasteiger partial charge is 0.290 e. The first-order chi connectivity index (χ1) is 9.74. The molecule has 0 saturated carbocycles. The molecule has 0 spiro atoms. The van der Waals surface area contributed by atoms with E-state index in [0.29, 0.717) is 5.57 Å².